The number of anilines is 1. The Balaban J connectivity index is 1.77. The molecule has 0 fully saturated rings. The van der Waals surface area contributed by atoms with Crippen molar-refractivity contribution in [3.63, 3.8) is 0 Å². The summed E-state index contributed by atoms with van der Waals surface area (Å²) in [6.45, 7) is 3.10. The van der Waals surface area contributed by atoms with Crippen LogP contribution in [-0.4, -0.2) is 24.2 Å². The number of ether oxygens (including phenoxy) is 1. The highest BCUT2D eigenvalue weighted by Crippen LogP contribution is 2.24. The summed E-state index contributed by atoms with van der Waals surface area (Å²) in [5, 5.41) is 13.5. The summed E-state index contributed by atoms with van der Waals surface area (Å²) < 4.78 is 5.61. The fourth-order valence-corrected chi connectivity index (χ4v) is 2.83. The van der Waals surface area contributed by atoms with Gasteiger partial charge in [-0.05, 0) is 49.6 Å². The van der Waals surface area contributed by atoms with E-state index in [0.29, 0.717) is 40.2 Å². The van der Waals surface area contributed by atoms with Crippen LogP contribution < -0.4 is 10.1 Å². The molecule has 2 rings (SSSR count). The molecule has 0 aliphatic carbocycles. The van der Waals surface area contributed by atoms with E-state index in [9.17, 15) is 9.90 Å². The molecule has 0 heterocycles. The minimum Gasteiger partial charge on any atom is -0.493 e. The number of carboxylic acids is 1. The molecular weight excluding hydrogens is 349 g/mol. The molecule has 6 heteroatoms. The van der Waals surface area contributed by atoms with Crippen LogP contribution in [0.3, 0.4) is 0 Å². The summed E-state index contributed by atoms with van der Waals surface area (Å²) in [4.78, 5) is 11.2. The fourth-order valence-electron chi connectivity index (χ4n) is 2.32. The predicted octanol–water partition coefficient (Wildman–Crippen LogP) is 5.27. The second-order valence-electron chi connectivity index (χ2n) is 5.39. The van der Waals surface area contributed by atoms with Gasteiger partial charge in [-0.2, -0.15) is 0 Å². The Kier molecular flexibility index (Phi) is 6.76. The van der Waals surface area contributed by atoms with Gasteiger partial charge in [0.1, 0.15) is 5.75 Å². The molecule has 0 atom stereocenters. The lowest BCUT2D eigenvalue weighted by Gasteiger charge is -2.12. The van der Waals surface area contributed by atoms with E-state index < -0.39 is 5.97 Å². The zero-order valence-corrected chi connectivity index (χ0v) is 14.8. The number of rotatable bonds is 8. The number of benzene rings is 2. The van der Waals surface area contributed by atoms with E-state index in [0.717, 1.165) is 18.4 Å². The molecule has 2 aromatic carbocycles. The zero-order valence-electron chi connectivity index (χ0n) is 13.3. The normalized spacial score (nSPS) is 10.5. The lowest BCUT2D eigenvalue weighted by molar-refractivity contribution is 0.0698. The summed E-state index contributed by atoms with van der Waals surface area (Å²) in [6.07, 6.45) is 1.67. The van der Waals surface area contributed by atoms with E-state index in [1.165, 1.54) is 0 Å². The Labute approximate surface area is 151 Å². The van der Waals surface area contributed by atoms with Crippen LogP contribution in [0.5, 0.6) is 5.75 Å². The molecule has 128 valence electrons. The number of para-hydroxylation sites is 1. The monoisotopic (exact) mass is 367 g/mol. The molecule has 0 aromatic heterocycles. The average Bonchev–Trinajstić information content (AvgIpc) is 2.50. The average molecular weight is 368 g/mol. The van der Waals surface area contributed by atoms with E-state index >= 15 is 0 Å². The first-order valence-electron chi connectivity index (χ1n) is 7.63. The quantitative estimate of drug-likeness (QED) is 0.623. The van der Waals surface area contributed by atoms with Crippen LogP contribution in [0.25, 0.3) is 0 Å². The van der Waals surface area contributed by atoms with Crippen molar-refractivity contribution in [3.8, 4) is 5.75 Å². The Morgan fingerprint density at radius 2 is 1.88 bits per heavy atom. The standard InChI is InChI=1S/C18H19Cl2NO3/c1-12-5-4-6-16(18(22)23)17(12)21-7-2-3-8-24-15-10-13(19)9-14(20)11-15/h4-6,9-11,21H,2-3,7-8H2,1H3,(H,22,23). The van der Waals surface area contributed by atoms with Gasteiger partial charge in [0.25, 0.3) is 0 Å². The Hall–Kier alpha value is -1.91. The predicted molar refractivity (Wildman–Crippen MR) is 97.8 cm³/mol. The van der Waals surface area contributed by atoms with Gasteiger partial charge in [0.15, 0.2) is 0 Å². The summed E-state index contributed by atoms with van der Waals surface area (Å²) in [6, 6.07) is 10.3. The van der Waals surface area contributed by atoms with Gasteiger partial charge in [0.2, 0.25) is 0 Å². The van der Waals surface area contributed by atoms with Crippen LogP contribution in [0.2, 0.25) is 10.0 Å². The molecule has 0 bridgehead atoms. The molecule has 0 aliphatic heterocycles. The molecule has 0 saturated carbocycles. The molecule has 24 heavy (non-hydrogen) atoms. The number of carboxylic acid groups (broad SMARTS) is 1. The van der Waals surface area contributed by atoms with Crippen molar-refractivity contribution in [2.45, 2.75) is 19.8 Å². The Morgan fingerprint density at radius 1 is 1.17 bits per heavy atom. The van der Waals surface area contributed by atoms with E-state index in [4.69, 9.17) is 27.9 Å². The van der Waals surface area contributed by atoms with Crippen LogP contribution in [0.4, 0.5) is 5.69 Å². The molecule has 0 saturated heterocycles. The van der Waals surface area contributed by atoms with Gasteiger partial charge in [-0.1, -0.05) is 35.3 Å². The summed E-state index contributed by atoms with van der Waals surface area (Å²) in [7, 11) is 0. The Bertz CT molecular complexity index is 699. The maximum atomic E-state index is 11.2. The van der Waals surface area contributed by atoms with Crippen LogP contribution in [0, 0.1) is 6.92 Å². The van der Waals surface area contributed by atoms with Gasteiger partial charge >= 0.3 is 5.97 Å². The zero-order chi connectivity index (χ0) is 17.5. The minimum absolute atomic E-state index is 0.291. The van der Waals surface area contributed by atoms with Crippen LogP contribution in [-0.2, 0) is 0 Å². The number of carbonyl (C=O) groups is 1. The maximum Gasteiger partial charge on any atom is 0.337 e. The van der Waals surface area contributed by atoms with E-state index in [1.807, 2.05) is 13.0 Å². The third-order valence-corrected chi connectivity index (χ3v) is 3.92. The summed E-state index contributed by atoms with van der Waals surface area (Å²) in [5.41, 5.74) is 1.88. The molecule has 0 spiro atoms. The molecule has 2 aromatic rings. The number of hydrogen-bond donors (Lipinski definition) is 2. The molecular formula is C18H19Cl2NO3. The largest absolute Gasteiger partial charge is 0.493 e. The molecule has 0 radical (unpaired) electrons. The van der Waals surface area contributed by atoms with Crippen molar-refractivity contribution in [1.82, 2.24) is 0 Å². The van der Waals surface area contributed by atoms with Crippen molar-refractivity contribution < 1.29 is 14.6 Å². The second kappa shape index (κ2) is 8.81. The maximum absolute atomic E-state index is 11.2. The Morgan fingerprint density at radius 3 is 2.54 bits per heavy atom. The SMILES string of the molecule is Cc1cccc(C(=O)O)c1NCCCCOc1cc(Cl)cc(Cl)c1. The van der Waals surface area contributed by atoms with E-state index in [1.54, 1.807) is 30.3 Å². The van der Waals surface area contributed by atoms with E-state index in [2.05, 4.69) is 5.32 Å². The van der Waals surface area contributed by atoms with Gasteiger partial charge in [0, 0.05) is 16.6 Å². The van der Waals surface area contributed by atoms with Gasteiger partial charge in [-0.25, -0.2) is 4.79 Å². The first-order chi connectivity index (χ1) is 11.5. The van der Waals surface area contributed by atoms with Crippen molar-refractivity contribution in [2.75, 3.05) is 18.5 Å². The van der Waals surface area contributed by atoms with Crippen molar-refractivity contribution in [1.29, 1.82) is 0 Å². The van der Waals surface area contributed by atoms with E-state index in [-0.39, 0.29) is 0 Å². The van der Waals surface area contributed by atoms with Crippen LogP contribution in [0.15, 0.2) is 36.4 Å². The number of halogens is 2. The highest BCUT2D eigenvalue weighted by molar-refractivity contribution is 6.34. The summed E-state index contributed by atoms with van der Waals surface area (Å²) in [5.74, 6) is -0.283. The molecule has 0 unspecified atom stereocenters. The highest BCUT2D eigenvalue weighted by Gasteiger charge is 2.11. The minimum atomic E-state index is -0.928. The van der Waals surface area contributed by atoms with Crippen molar-refractivity contribution >= 4 is 34.9 Å². The smallest absolute Gasteiger partial charge is 0.337 e. The van der Waals surface area contributed by atoms with Crippen LogP contribution >= 0.6 is 23.2 Å². The number of nitrogens with one attached hydrogen (secondary N) is 1. The fraction of sp³-hybridized carbons (Fsp3) is 0.278. The van der Waals surface area contributed by atoms with Gasteiger partial charge in [-0.15, -0.1) is 0 Å². The molecule has 4 nitrogen and oxygen atoms in total. The molecule has 2 N–H and O–H groups in total. The number of hydrogen-bond acceptors (Lipinski definition) is 3. The number of unbranched alkanes of at least 4 members (excludes halogenated alkanes) is 1. The van der Waals surface area contributed by atoms with Crippen molar-refractivity contribution in [2.24, 2.45) is 0 Å². The summed E-state index contributed by atoms with van der Waals surface area (Å²) >= 11 is 11.8. The highest BCUT2D eigenvalue weighted by atomic mass is 35.5. The van der Waals surface area contributed by atoms with Crippen molar-refractivity contribution in [3.05, 3.63) is 57.6 Å². The van der Waals surface area contributed by atoms with Gasteiger partial charge in [-0.3, -0.25) is 0 Å². The topological polar surface area (TPSA) is 58.6 Å². The third-order valence-electron chi connectivity index (χ3n) is 3.48. The van der Waals surface area contributed by atoms with Crippen LogP contribution in [0.1, 0.15) is 28.8 Å². The first kappa shape index (κ1) is 18.4. The third kappa shape index (κ3) is 5.32. The first-order valence-corrected chi connectivity index (χ1v) is 8.38. The van der Waals surface area contributed by atoms with Gasteiger partial charge in [0.05, 0.1) is 17.9 Å². The number of aryl methyl sites for hydroxylation is 1. The number of aromatic carboxylic acids is 1. The molecule has 0 aliphatic rings. The lowest BCUT2D eigenvalue weighted by Crippen LogP contribution is -2.10. The molecule has 0 amide bonds. The van der Waals surface area contributed by atoms with Gasteiger partial charge < -0.3 is 15.2 Å². The second-order valence-corrected chi connectivity index (χ2v) is 6.26. The lowest BCUT2D eigenvalue weighted by atomic mass is 10.1.